The maximum Gasteiger partial charge on any atom is 0.289 e. The van der Waals surface area contributed by atoms with Crippen molar-refractivity contribution in [1.29, 1.82) is 0 Å². The highest BCUT2D eigenvalue weighted by atomic mass is 32.2. The molecular formula is C17H20N2O4S2. The first-order chi connectivity index (χ1) is 11.9. The Bertz CT molecular complexity index is 876. The first-order valence-electron chi connectivity index (χ1n) is 8.22. The van der Waals surface area contributed by atoms with Gasteiger partial charge in [0.05, 0.1) is 11.0 Å². The smallest absolute Gasteiger partial charge is 0.258 e. The van der Waals surface area contributed by atoms with Crippen LogP contribution in [-0.2, 0) is 10.0 Å². The maximum atomic E-state index is 13.3. The minimum Gasteiger partial charge on any atom is -0.258 e. The van der Waals surface area contributed by atoms with E-state index < -0.39 is 14.9 Å². The standard InChI is InChI=1S/C17H20N2O4S2/c1-13-10-12-24-17(13)15-8-3-2-6-11-18(15)25(22,23)16-9-5-4-7-14(16)19(20)21/h4-5,7,9-10,12,15H,2-3,6,8,11H2,1H3/t15-/m1/s1. The third-order valence-electron chi connectivity index (χ3n) is 4.56. The highest BCUT2D eigenvalue weighted by molar-refractivity contribution is 7.89. The van der Waals surface area contributed by atoms with Gasteiger partial charge in [-0.3, -0.25) is 10.1 Å². The van der Waals surface area contributed by atoms with Gasteiger partial charge in [-0.1, -0.05) is 25.0 Å². The maximum absolute atomic E-state index is 13.3. The molecule has 8 heteroatoms. The predicted octanol–water partition coefficient (Wildman–Crippen LogP) is 4.27. The number of hydrogen-bond donors (Lipinski definition) is 0. The third kappa shape index (κ3) is 3.47. The van der Waals surface area contributed by atoms with E-state index in [2.05, 4.69) is 0 Å². The molecule has 0 aliphatic carbocycles. The van der Waals surface area contributed by atoms with Crippen LogP contribution in [0.5, 0.6) is 0 Å². The second kappa shape index (κ2) is 7.23. The highest BCUT2D eigenvalue weighted by Gasteiger charge is 2.37. The largest absolute Gasteiger partial charge is 0.289 e. The Morgan fingerprint density at radius 1 is 1.20 bits per heavy atom. The van der Waals surface area contributed by atoms with E-state index in [1.54, 1.807) is 11.3 Å². The van der Waals surface area contributed by atoms with Crippen LogP contribution in [-0.4, -0.2) is 24.2 Å². The molecule has 0 saturated carbocycles. The van der Waals surface area contributed by atoms with Gasteiger partial charge < -0.3 is 0 Å². The molecule has 0 radical (unpaired) electrons. The molecule has 1 saturated heterocycles. The van der Waals surface area contributed by atoms with Gasteiger partial charge in [0.1, 0.15) is 0 Å². The Morgan fingerprint density at radius 2 is 1.96 bits per heavy atom. The molecule has 2 heterocycles. The van der Waals surface area contributed by atoms with Crippen LogP contribution in [0.15, 0.2) is 40.6 Å². The Morgan fingerprint density at radius 3 is 2.64 bits per heavy atom. The molecule has 134 valence electrons. The van der Waals surface area contributed by atoms with E-state index in [1.165, 1.54) is 28.6 Å². The Kier molecular flexibility index (Phi) is 5.21. The van der Waals surface area contributed by atoms with E-state index in [4.69, 9.17) is 0 Å². The lowest BCUT2D eigenvalue weighted by Gasteiger charge is -2.29. The predicted molar refractivity (Wildman–Crippen MR) is 97.3 cm³/mol. The number of benzene rings is 1. The number of aryl methyl sites for hydroxylation is 1. The van der Waals surface area contributed by atoms with Crippen molar-refractivity contribution >= 4 is 27.0 Å². The topological polar surface area (TPSA) is 80.5 Å². The number of hydrogen-bond acceptors (Lipinski definition) is 5. The summed E-state index contributed by atoms with van der Waals surface area (Å²) in [6, 6.07) is 7.32. The SMILES string of the molecule is Cc1ccsc1[C@H]1CCCCCN1S(=O)(=O)c1ccccc1[N+](=O)[O-]. The van der Waals surface area contributed by atoms with Crippen molar-refractivity contribution in [2.45, 2.75) is 43.5 Å². The van der Waals surface area contributed by atoms with Crippen molar-refractivity contribution in [3.8, 4) is 0 Å². The van der Waals surface area contributed by atoms with Crippen molar-refractivity contribution in [1.82, 2.24) is 4.31 Å². The van der Waals surface area contributed by atoms with Crippen LogP contribution in [0.2, 0.25) is 0 Å². The summed E-state index contributed by atoms with van der Waals surface area (Å²) in [5.74, 6) is 0. The molecule has 1 fully saturated rings. The molecule has 0 N–H and O–H groups in total. The molecule has 1 aromatic heterocycles. The van der Waals surface area contributed by atoms with E-state index >= 15 is 0 Å². The minimum absolute atomic E-state index is 0.221. The van der Waals surface area contributed by atoms with Gasteiger partial charge in [0.2, 0.25) is 10.0 Å². The van der Waals surface area contributed by atoms with E-state index in [-0.39, 0.29) is 16.6 Å². The summed E-state index contributed by atoms with van der Waals surface area (Å²) in [5.41, 5.74) is 0.702. The number of para-hydroxylation sites is 1. The van der Waals surface area contributed by atoms with Gasteiger partial charge in [-0.05, 0) is 42.8 Å². The Labute approximate surface area is 151 Å². The molecule has 0 spiro atoms. The molecule has 1 aromatic carbocycles. The van der Waals surface area contributed by atoms with Crippen molar-refractivity contribution in [2.24, 2.45) is 0 Å². The van der Waals surface area contributed by atoms with Gasteiger partial charge in [-0.15, -0.1) is 11.3 Å². The van der Waals surface area contributed by atoms with E-state index in [9.17, 15) is 18.5 Å². The summed E-state index contributed by atoms with van der Waals surface area (Å²) < 4.78 is 28.1. The zero-order valence-corrected chi connectivity index (χ0v) is 15.6. The molecular weight excluding hydrogens is 360 g/mol. The monoisotopic (exact) mass is 380 g/mol. The van der Waals surface area contributed by atoms with Crippen LogP contribution in [0.4, 0.5) is 5.69 Å². The number of thiophene rings is 1. The molecule has 25 heavy (non-hydrogen) atoms. The number of nitro groups is 1. The van der Waals surface area contributed by atoms with Crippen LogP contribution >= 0.6 is 11.3 Å². The van der Waals surface area contributed by atoms with Crippen molar-refractivity contribution in [3.63, 3.8) is 0 Å². The number of rotatable bonds is 4. The fourth-order valence-corrected chi connectivity index (χ4v) is 6.28. The van der Waals surface area contributed by atoms with Crippen LogP contribution in [0.3, 0.4) is 0 Å². The van der Waals surface area contributed by atoms with Gasteiger partial charge in [0.15, 0.2) is 4.90 Å². The molecule has 1 atom stereocenters. The van der Waals surface area contributed by atoms with Crippen LogP contribution in [0.1, 0.15) is 42.2 Å². The van der Waals surface area contributed by atoms with Crippen molar-refractivity contribution in [2.75, 3.05) is 6.54 Å². The lowest BCUT2D eigenvalue weighted by Crippen LogP contribution is -2.35. The summed E-state index contributed by atoms with van der Waals surface area (Å²) in [7, 11) is -3.95. The van der Waals surface area contributed by atoms with Crippen LogP contribution < -0.4 is 0 Å². The van der Waals surface area contributed by atoms with Crippen LogP contribution in [0.25, 0.3) is 0 Å². The number of sulfonamides is 1. The molecule has 1 aliphatic rings. The zero-order chi connectivity index (χ0) is 18.0. The zero-order valence-electron chi connectivity index (χ0n) is 13.9. The average molecular weight is 380 g/mol. The molecule has 6 nitrogen and oxygen atoms in total. The van der Waals surface area contributed by atoms with E-state index in [0.717, 1.165) is 36.1 Å². The summed E-state index contributed by atoms with van der Waals surface area (Å²) in [6.45, 7) is 2.36. The van der Waals surface area contributed by atoms with E-state index in [1.807, 2.05) is 18.4 Å². The summed E-state index contributed by atoms with van der Waals surface area (Å²) in [4.78, 5) is 11.5. The molecule has 3 rings (SSSR count). The number of nitrogens with zero attached hydrogens (tertiary/aromatic N) is 2. The third-order valence-corrected chi connectivity index (χ3v) is 7.63. The van der Waals surface area contributed by atoms with Gasteiger partial charge in [0, 0.05) is 17.5 Å². The van der Waals surface area contributed by atoms with Crippen LogP contribution in [0, 0.1) is 17.0 Å². The lowest BCUT2D eigenvalue weighted by molar-refractivity contribution is -0.387. The summed E-state index contributed by atoms with van der Waals surface area (Å²) in [5, 5.41) is 13.3. The second-order valence-corrected chi connectivity index (χ2v) is 8.98. The first kappa shape index (κ1) is 18.0. The van der Waals surface area contributed by atoms with Gasteiger partial charge in [-0.2, -0.15) is 4.31 Å². The Hall–Kier alpha value is -1.77. The first-order valence-corrected chi connectivity index (χ1v) is 10.5. The summed E-state index contributed by atoms with van der Waals surface area (Å²) in [6.07, 6.45) is 3.41. The normalized spacial score (nSPS) is 19.5. The fourth-order valence-electron chi connectivity index (χ4n) is 3.31. The van der Waals surface area contributed by atoms with Crippen molar-refractivity contribution < 1.29 is 13.3 Å². The average Bonchev–Trinajstić information content (AvgIpc) is 2.86. The molecule has 2 aromatic rings. The Balaban J connectivity index is 2.10. The second-order valence-electron chi connectivity index (χ2n) is 6.17. The minimum atomic E-state index is -3.95. The van der Waals surface area contributed by atoms with Crippen molar-refractivity contribution in [3.05, 3.63) is 56.3 Å². The molecule has 1 aliphatic heterocycles. The summed E-state index contributed by atoms with van der Waals surface area (Å²) >= 11 is 1.55. The molecule has 0 amide bonds. The number of nitro benzene ring substituents is 1. The van der Waals surface area contributed by atoms with E-state index in [0.29, 0.717) is 6.54 Å². The van der Waals surface area contributed by atoms with Gasteiger partial charge >= 0.3 is 0 Å². The molecule has 0 bridgehead atoms. The van der Waals surface area contributed by atoms with Gasteiger partial charge in [-0.25, -0.2) is 8.42 Å². The highest BCUT2D eigenvalue weighted by Crippen LogP contribution is 2.39. The fraction of sp³-hybridized carbons (Fsp3) is 0.412. The lowest BCUT2D eigenvalue weighted by atomic mass is 10.1. The quantitative estimate of drug-likeness (QED) is 0.586. The molecule has 0 unspecified atom stereocenters. The van der Waals surface area contributed by atoms with Gasteiger partial charge in [0.25, 0.3) is 5.69 Å².